The maximum absolute atomic E-state index is 11.6. The van der Waals surface area contributed by atoms with Gasteiger partial charge in [0.15, 0.2) is 22.5 Å². The highest BCUT2D eigenvalue weighted by Crippen LogP contribution is 2.43. The minimum atomic E-state index is -0.429. The van der Waals surface area contributed by atoms with Crippen LogP contribution in [0.3, 0.4) is 0 Å². The van der Waals surface area contributed by atoms with E-state index in [4.69, 9.17) is 19.9 Å². The molecule has 2 N–H and O–H groups in total. The molecule has 34 heavy (non-hydrogen) atoms. The van der Waals surface area contributed by atoms with Crippen LogP contribution in [0.25, 0.3) is 11.4 Å². The lowest BCUT2D eigenvalue weighted by atomic mass is 9.95. The van der Waals surface area contributed by atoms with Gasteiger partial charge in [-0.2, -0.15) is 0 Å². The number of amides is 1. The number of nitrogens with two attached hydrogens (primary N) is 1. The molecule has 0 bridgehead atoms. The van der Waals surface area contributed by atoms with E-state index in [1.54, 1.807) is 39.2 Å². The van der Waals surface area contributed by atoms with E-state index in [9.17, 15) is 4.79 Å². The fourth-order valence-electron chi connectivity index (χ4n) is 4.41. The maximum Gasteiger partial charge on any atom is 0.248 e. The lowest BCUT2D eigenvalue weighted by molar-refractivity contribution is 0.1000. The fourth-order valence-corrected chi connectivity index (χ4v) is 5.36. The van der Waals surface area contributed by atoms with Crippen LogP contribution in [0.15, 0.2) is 41.6 Å². The number of thioether (sulfide) groups is 1. The van der Waals surface area contributed by atoms with E-state index >= 15 is 0 Å². The highest BCUT2D eigenvalue weighted by atomic mass is 32.2. The predicted octanol–water partition coefficient (Wildman–Crippen LogP) is 4.87. The zero-order chi connectivity index (χ0) is 24.1. The van der Waals surface area contributed by atoms with Crippen LogP contribution < -0.4 is 19.9 Å². The molecule has 9 heteroatoms. The third-order valence-electron chi connectivity index (χ3n) is 6.11. The van der Waals surface area contributed by atoms with Crippen molar-refractivity contribution in [2.75, 3.05) is 21.3 Å². The Balaban J connectivity index is 1.72. The summed E-state index contributed by atoms with van der Waals surface area (Å²) in [4.78, 5) is 11.6. The van der Waals surface area contributed by atoms with Gasteiger partial charge < -0.3 is 19.9 Å². The van der Waals surface area contributed by atoms with Crippen LogP contribution in [0.1, 0.15) is 54.1 Å². The summed E-state index contributed by atoms with van der Waals surface area (Å²) < 4.78 is 18.9. The lowest BCUT2D eigenvalue weighted by Crippen LogP contribution is -2.15. The minimum absolute atomic E-state index is 0.317. The Kier molecular flexibility index (Phi) is 7.62. The maximum atomic E-state index is 11.6. The number of nitrogens with zero attached hydrogens (tertiary/aromatic N) is 3. The van der Waals surface area contributed by atoms with Gasteiger partial charge in [-0.1, -0.05) is 43.2 Å². The zero-order valence-electron chi connectivity index (χ0n) is 19.7. The standard InChI is InChI=1S/C25H30N4O4S/c1-31-20-13-18(14-21(32-2)22(20)33-3)24-27-28-25(29(24)19-10-5-4-6-11-19)34-15-16-8-7-9-17(12-16)23(26)30/h7-9,12-14,19H,4-6,10-11,15H2,1-3H3,(H2,26,30). The second-order valence-electron chi connectivity index (χ2n) is 8.24. The summed E-state index contributed by atoms with van der Waals surface area (Å²) in [6.07, 6.45) is 5.78. The largest absolute Gasteiger partial charge is 0.493 e. The SMILES string of the molecule is COc1cc(-c2nnc(SCc3cccc(C(N)=O)c3)n2C2CCCCC2)cc(OC)c1OC. The normalized spacial score (nSPS) is 14.1. The lowest BCUT2D eigenvalue weighted by Gasteiger charge is -2.26. The van der Waals surface area contributed by atoms with Crippen molar-refractivity contribution in [2.45, 2.75) is 49.1 Å². The molecule has 0 saturated heterocycles. The molecule has 1 aliphatic carbocycles. The fraction of sp³-hybridized carbons (Fsp3) is 0.400. The van der Waals surface area contributed by atoms with Crippen molar-refractivity contribution in [2.24, 2.45) is 5.73 Å². The summed E-state index contributed by atoms with van der Waals surface area (Å²) in [6.45, 7) is 0. The molecule has 1 fully saturated rings. The number of aromatic nitrogens is 3. The number of ether oxygens (including phenoxy) is 3. The summed E-state index contributed by atoms with van der Waals surface area (Å²) in [5.74, 6) is 2.70. The van der Waals surface area contributed by atoms with Crippen molar-refractivity contribution in [1.82, 2.24) is 14.8 Å². The topological polar surface area (TPSA) is 101 Å². The molecule has 180 valence electrons. The van der Waals surface area contributed by atoms with E-state index in [-0.39, 0.29) is 0 Å². The molecule has 0 unspecified atom stereocenters. The quantitative estimate of drug-likeness (QED) is 0.434. The molecule has 0 aliphatic heterocycles. The molecule has 3 aromatic rings. The van der Waals surface area contributed by atoms with Crippen molar-refractivity contribution in [3.8, 4) is 28.6 Å². The Hall–Kier alpha value is -3.20. The van der Waals surface area contributed by atoms with Gasteiger partial charge in [0.2, 0.25) is 11.7 Å². The van der Waals surface area contributed by atoms with E-state index < -0.39 is 5.91 Å². The molecule has 1 amide bonds. The average molecular weight is 483 g/mol. The number of benzene rings is 2. The van der Waals surface area contributed by atoms with Crippen LogP contribution in [-0.4, -0.2) is 42.0 Å². The van der Waals surface area contributed by atoms with Crippen LogP contribution in [0.4, 0.5) is 0 Å². The third-order valence-corrected chi connectivity index (χ3v) is 7.12. The van der Waals surface area contributed by atoms with Gasteiger partial charge in [0.05, 0.1) is 21.3 Å². The Labute approximate surface area is 203 Å². The minimum Gasteiger partial charge on any atom is -0.493 e. The number of methoxy groups -OCH3 is 3. The smallest absolute Gasteiger partial charge is 0.248 e. The third kappa shape index (κ3) is 4.99. The van der Waals surface area contributed by atoms with Crippen LogP contribution in [0.2, 0.25) is 0 Å². The highest BCUT2D eigenvalue weighted by molar-refractivity contribution is 7.98. The van der Waals surface area contributed by atoms with E-state index in [1.165, 1.54) is 19.3 Å². The van der Waals surface area contributed by atoms with Gasteiger partial charge in [-0.15, -0.1) is 10.2 Å². The van der Waals surface area contributed by atoms with Crippen molar-refractivity contribution in [1.29, 1.82) is 0 Å². The molecule has 0 atom stereocenters. The van der Waals surface area contributed by atoms with Gasteiger partial charge in [-0.3, -0.25) is 9.36 Å². The number of hydrogen-bond acceptors (Lipinski definition) is 7. The highest BCUT2D eigenvalue weighted by Gasteiger charge is 2.25. The van der Waals surface area contributed by atoms with E-state index in [2.05, 4.69) is 14.8 Å². The number of rotatable bonds is 9. The monoisotopic (exact) mass is 482 g/mol. The summed E-state index contributed by atoms with van der Waals surface area (Å²) in [5, 5.41) is 10.0. The van der Waals surface area contributed by atoms with Crippen molar-refractivity contribution in [3.05, 3.63) is 47.5 Å². The molecule has 0 radical (unpaired) electrons. The molecule has 4 rings (SSSR count). The predicted molar refractivity (Wildman–Crippen MR) is 132 cm³/mol. The Morgan fingerprint density at radius 1 is 1.03 bits per heavy atom. The van der Waals surface area contributed by atoms with Gasteiger partial charge >= 0.3 is 0 Å². The molecule has 8 nitrogen and oxygen atoms in total. The van der Waals surface area contributed by atoms with Gasteiger partial charge in [0, 0.05) is 22.9 Å². The van der Waals surface area contributed by atoms with E-state index in [0.29, 0.717) is 34.6 Å². The van der Waals surface area contributed by atoms with Crippen LogP contribution >= 0.6 is 11.8 Å². The summed E-state index contributed by atoms with van der Waals surface area (Å²) in [5.41, 5.74) is 7.82. The van der Waals surface area contributed by atoms with Gasteiger partial charge in [-0.05, 0) is 42.7 Å². The van der Waals surface area contributed by atoms with E-state index in [0.717, 1.165) is 34.9 Å². The van der Waals surface area contributed by atoms with Gasteiger partial charge in [-0.25, -0.2) is 0 Å². The molecular weight excluding hydrogens is 452 g/mol. The Bertz CT molecular complexity index is 1130. The van der Waals surface area contributed by atoms with Gasteiger partial charge in [0.1, 0.15) is 0 Å². The first kappa shape index (κ1) is 23.9. The number of carbonyl (C=O) groups is 1. The van der Waals surface area contributed by atoms with Crippen LogP contribution in [0.5, 0.6) is 17.2 Å². The first-order valence-corrected chi connectivity index (χ1v) is 12.3. The summed E-state index contributed by atoms with van der Waals surface area (Å²) >= 11 is 1.61. The first-order chi connectivity index (χ1) is 16.5. The number of hydrogen-bond donors (Lipinski definition) is 1. The Morgan fingerprint density at radius 2 is 1.74 bits per heavy atom. The van der Waals surface area contributed by atoms with Crippen molar-refractivity contribution < 1.29 is 19.0 Å². The zero-order valence-corrected chi connectivity index (χ0v) is 20.6. The number of primary amides is 1. The average Bonchev–Trinajstić information content (AvgIpc) is 3.31. The molecule has 2 aromatic carbocycles. The second kappa shape index (κ2) is 10.8. The second-order valence-corrected chi connectivity index (χ2v) is 9.18. The van der Waals surface area contributed by atoms with Crippen molar-refractivity contribution >= 4 is 17.7 Å². The molecule has 1 heterocycles. The molecule has 1 aromatic heterocycles. The molecule has 0 spiro atoms. The Morgan fingerprint density at radius 3 is 2.35 bits per heavy atom. The molecule has 1 aliphatic rings. The first-order valence-electron chi connectivity index (χ1n) is 11.3. The summed E-state index contributed by atoms with van der Waals surface area (Å²) in [7, 11) is 4.80. The molecular formula is C25H30N4O4S. The summed E-state index contributed by atoms with van der Waals surface area (Å²) in [6, 6.07) is 11.5. The number of carbonyl (C=O) groups excluding carboxylic acids is 1. The molecule has 1 saturated carbocycles. The van der Waals surface area contributed by atoms with Crippen molar-refractivity contribution in [3.63, 3.8) is 0 Å². The van der Waals surface area contributed by atoms with E-state index in [1.807, 2.05) is 30.3 Å². The van der Waals surface area contributed by atoms with Gasteiger partial charge in [0.25, 0.3) is 0 Å². The van der Waals surface area contributed by atoms with Crippen LogP contribution in [0, 0.1) is 0 Å². The van der Waals surface area contributed by atoms with Crippen LogP contribution in [-0.2, 0) is 5.75 Å².